The van der Waals surface area contributed by atoms with Crippen molar-refractivity contribution in [1.29, 1.82) is 5.26 Å². The predicted molar refractivity (Wildman–Crippen MR) is 90.4 cm³/mol. The van der Waals surface area contributed by atoms with E-state index in [-0.39, 0.29) is 23.2 Å². The molecule has 124 valence electrons. The topological polar surface area (TPSA) is 76.4 Å². The highest BCUT2D eigenvalue weighted by Gasteiger charge is 2.23. The molecule has 0 aliphatic carbocycles. The van der Waals surface area contributed by atoms with Crippen LogP contribution in [0.15, 0.2) is 30.3 Å². The molecule has 6 heteroatoms. The minimum Gasteiger partial charge on any atom is -0.484 e. The third-order valence-electron chi connectivity index (χ3n) is 3.51. The monoisotopic (exact) mass is 343 g/mol. The second-order valence-corrected chi connectivity index (χ2v) is 6.22. The van der Waals surface area contributed by atoms with Gasteiger partial charge in [-0.1, -0.05) is 24.3 Å². The lowest BCUT2D eigenvalue weighted by molar-refractivity contribution is 0.0599. The molecule has 0 N–H and O–H groups in total. The molecule has 0 bridgehead atoms. The highest BCUT2D eigenvalue weighted by atomic mass is 32.1. The van der Waals surface area contributed by atoms with Crippen molar-refractivity contribution in [2.24, 2.45) is 0 Å². The summed E-state index contributed by atoms with van der Waals surface area (Å²) >= 11 is 0.981. The van der Waals surface area contributed by atoms with Crippen molar-refractivity contribution in [3.8, 4) is 11.8 Å². The smallest absolute Gasteiger partial charge is 0.351 e. The van der Waals surface area contributed by atoms with Gasteiger partial charge in [0.05, 0.1) is 24.5 Å². The first kappa shape index (κ1) is 17.7. The van der Waals surface area contributed by atoms with Gasteiger partial charge in [-0.25, -0.2) is 4.79 Å². The van der Waals surface area contributed by atoms with E-state index < -0.39 is 5.97 Å². The van der Waals surface area contributed by atoms with Gasteiger partial charge in [0.25, 0.3) is 0 Å². The number of benzene rings is 1. The fraction of sp³-hybridized carbons (Fsp3) is 0.278. The first-order valence-electron chi connectivity index (χ1n) is 7.32. The van der Waals surface area contributed by atoms with Gasteiger partial charge in [-0.3, -0.25) is 4.79 Å². The molecule has 1 aromatic carbocycles. The van der Waals surface area contributed by atoms with Crippen molar-refractivity contribution in [3.05, 3.63) is 51.2 Å². The molecular formula is C18H17NO4S. The quantitative estimate of drug-likeness (QED) is 0.583. The Kier molecular flexibility index (Phi) is 5.72. The van der Waals surface area contributed by atoms with Crippen molar-refractivity contribution >= 4 is 23.1 Å². The average molecular weight is 343 g/mol. The third kappa shape index (κ3) is 3.81. The van der Waals surface area contributed by atoms with Gasteiger partial charge in [0, 0.05) is 6.07 Å². The van der Waals surface area contributed by atoms with Gasteiger partial charge < -0.3 is 9.47 Å². The SMILES string of the molecule is COC(=O)c1sc(C(=O)CC#N)cc1OC(C)c1ccccc1C. The second-order valence-electron chi connectivity index (χ2n) is 5.17. The fourth-order valence-electron chi connectivity index (χ4n) is 2.29. The molecule has 0 amide bonds. The van der Waals surface area contributed by atoms with E-state index in [0.717, 1.165) is 22.5 Å². The molecule has 0 radical (unpaired) electrons. The summed E-state index contributed by atoms with van der Waals surface area (Å²) in [5.41, 5.74) is 2.06. The number of methoxy groups -OCH3 is 1. The van der Waals surface area contributed by atoms with E-state index >= 15 is 0 Å². The summed E-state index contributed by atoms with van der Waals surface area (Å²) in [5, 5.41) is 8.66. The number of rotatable bonds is 6. The summed E-state index contributed by atoms with van der Waals surface area (Å²) in [5.74, 6) is -0.613. The van der Waals surface area contributed by atoms with Crippen LogP contribution < -0.4 is 4.74 Å². The molecule has 1 heterocycles. The van der Waals surface area contributed by atoms with Gasteiger partial charge in [-0.2, -0.15) is 5.26 Å². The standard InChI is InChI=1S/C18H17NO4S/c1-11-6-4-5-7-13(11)12(2)23-15-10-16(14(20)8-9-19)24-17(15)18(21)22-3/h4-7,10,12H,8H2,1-3H3. The Bertz CT molecular complexity index is 804. The Morgan fingerprint density at radius 2 is 2.04 bits per heavy atom. The van der Waals surface area contributed by atoms with Crippen LogP contribution in [-0.4, -0.2) is 18.9 Å². The molecule has 0 saturated heterocycles. The zero-order valence-corrected chi connectivity index (χ0v) is 14.5. The lowest BCUT2D eigenvalue weighted by Crippen LogP contribution is -2.07. The van der Waals surface area contributed by atoms with Crippen LogP contribution >= 0.6 is 11.3 Å². The maximum atomic E-state index is 11.9. The summed E-state index contributed by atoms with van der Waals surface area (Å²) in [6.07, 6.45) is -0.545. The largest absolute Gasteiger partial charge is 0.484 e. The van der Waals surface area contributed by atoms with E-state index in [0.29, 0.717) is 10.6 Å². The lowest BCUT2D eigenvalue weighted by Gasteiger charge is -2.17. The number of nitrogens with zero attached hydrogens (tertiary/aromatic N) is 1. The van der Waals surface area contributed by atoms with Gasteiger partial charge >= 0.3 is 5.97 Å². The minimum atomic E-state index is -0.567. The van der Waals surface area contributed by atoms with Gasteiger partial charge in [0.1, 0.15) is 11.9 Å². The number of carbonyl (C=O) groups is 2. The van der Waals surface area contributed by atoms with E-state index in [2.05, 4.69) is 0 Å². The van der Waals surface area contributed by atoms with E-state index in [1.165, 1.54) is 13.2 Å². The number of hydrogen-bond acceptors (Lipinski definition) is 6. The molecule has 24 heavy (non-hydrogen) atoms. The Labute approximate surface area is 144 Å². The molecule has 0 saturated carbocycles. The number of Topliss-reactive ketones (excluding diaryl/α,β-unsaturated/α-hetero) is 1. The number of ether oxygens (including phenoxy) is 2. The maximum absolute atomic E-state index is 11.9. The average Bonchev–Trinajstić information content (AvgIpc) is 2.98. The molecule has 1 atom stereocenters. The predicted octanol–water partition coefficient (Wildman–Crippen LogP) is 4.08. The van der Waals surface area contributed by atoms with Crippen LogP contribution in [0.1, 0.15) is 49.9 Å². The fourth-order valence-corrected chi connectivity index (χ4v) is 3.24. The molecule has 5 nitrogen and oxygen atoms in total. The molecule has 0 fully saturated rings. The normalized spacial score (nSPS) is 11.4. The van der Waals surface area contributed by atoms with Crippen molar-refractivity contribution in [2.45, 2.75) is 26.4 Å². The van der Waals surface area contributed by atoms with E-state index in [1.54, 1.807) is 0 Å². The van der Waals surface area contributed by atoms with Crippen LogP contribution in [0.2, 0.25) is 0 Å². The third-order valence-corrected chi connectivity index (χ3v) is 4.65. The van der Waals surface area contributed by atoms with Crippen LogP contribution in [0.25, 0.3) is 0 Å². The first-order valence-corrected chi connectivity index (χ1v) is 8.14. The van der Waals surface area contributed by atoms with Crippen molar-refractivity contribution in [2.75, 3.05) is 7.11 Å². The molecule has 2 aromatic rings. The summed E-state index contributed by atoms with van der Waals surface area (Å²) in [7, 11) is 1.27. The Balaban J connectivity index is 2.34. The van der Waals surface area contributed by atoms with Gasteiger partial charge in [-0.05, 0) is 25.0 Å². The van der Waals surface area contributed by atoms with Crippen LogP contribution in [0.3, 0.4) is 0 Å². The molecule has 1 aromatic heterocycles. The van der Waals surface area contributed by atoms with Crippen molar-refractivity contribution in [1.82, 2.24) is 0 Å². The summed E-state index contributed by atoms with van der Waals surface area (Å²) in [4.78, 5) is 24.4. The van der Waals surface area contributed by atoms with Gasteiger partial charge in [0.15, 0.2) is 10.7 Å². The van der Waals surface area contributed by atoms with Crippen molar-refractivity contribution in [3.63, 3.8) is 0 Å². The molecule has 2 rings (SSSR count). The van der Waals surface area contributed by atoms with Gasteiger partial charge in [0.2, 0.25) is 0 Å². The zero-order chi connectivity index (χ0) is 17.7. The van der Waals surface area contributed by atoms with E-state index in [4.69, 9.17) is 14.7 Å². The molecule has 0 spiro atoms. The number of aryl methyl sites for hydroxylation is 1. The lowest BCUT2D eigenvalue weighted by atomic mass is 10.0. The number of carbonyl (C=O) groups excluding carboxylic acids is 2. The summed E-state index contributed by atoms with van der Waals surface area (Å²) < 4.78 is 10.7. The molecule has 0 aliphatic rings. The number of hydrogen-bond donors (Lipinski definition) is 0. The molecule has 1 unspecified atom stereocenters. The van der Waals surface area contributed by atoms with E-state index in [9.17, 15) is 9.59 Å². The number of nitriles is 1. The highest BCUT2D eigenvalue weighted by molar-refractivity contribution is 7.16. The maximum Gasteiger partial charge on any atom is 0.351 e. The molecule has 0 aliphatic heterocycles. The number of ketones is 1. The second kappa shape index (κ2) is 7.75. The number of esters is 1. The van der Waals surface area contributed by atoms with Crippen LogP contribution in [0.4, 0.5) is 0 Å². The zero-order valence-electron chi connectivity index (χ0n) is 13.7. The molecular weight excluding hydrogens is 326 g/mol. The summed E-state index contributed by atoms with van der Waals surface area (Å²) in [6.45, 7) is 3.85. The number of thiophene rings is 1. The summed E-state index contributed by atoms with van der Waals surface area (Å²) in [6, 6.07) is 11.1. The van der Waals surface area contributed by atoms with Crippen molar-refractivity contribution < 1.29 is 19.1 Å². The Morgan fingerprint density at radius 3 is 2.67 bits per heavy atom. The van der Waals surface area contributed by atoms with Crippen LogP contribution in [0.5, 0.6) is 5.75 Å². The minimum absolute atomic E-state index is 0.222. The Morgan fingerprint density at radius 1 is 1.33 bits per heavy atom. The van der Waals surface area contributed by atoms with Crippen LogP contribution in [-0.2, 0) is 4.74 Å². The highest BCUT2D eigenvalue weighted by Crippen LogP contribution is 2.34. The Hall–Kier alpha value is -2.65. The van der Waals surface area contributed by atoms with Crippen LogP contribution in [0, 0.1) is 18.3 Å². The van der Waals surface area contributed by atoms with Gasteiger partial charge in [-0.15, -0.1) is 11.3 Å². The first-order chi connectivity index (χ1) is 11.5. The van der Waals surface area contributed by atoms with E-state index in [1.807, 2.05) is 44.2 Å².